The Hall–Kier alpha value is -2.08. The Morgan fingerprint density at radius 3 is 2.94 bits per heavy atom. The minimum atomic E-state index is -0.242. The van der Waals surface area contributed by atoms with Gasteiger partial charge in [-0.2, -0.15) is 0 Å². The lowest BCUT2D eigenvalue weighted by Crippen LogP contribution is -2.08. The molecule has 2 aromatic heterocycles. The monoisotopic (exact) mass is 258 g/mol. The summed E-state index contributed by atoms with van der Waals surface area (Å²) in [7, 11) is 0. The maximum atomic E-state index is 11.4. The molecule has 6 heteroatoms. The van der Waals surface area contributed by atoms with Crippen molar-refractivity contribution in [3.05, 3.63) is 58.8 Å². The number of nitrogens with one attached hydrogen (secondary N) is 1. The molecule has 5 nitrogen and oxygen atoms in total. The molecule has 18 heavy (non-hydrogen) atoms. The minimum Gasteiger partial charge on any atom is -0.247 e. The molecular weight excluding hydrogens is 248 g/mol. The van der Waals surface area contributed by atoms with E-state index in [1.807, 2.05) is 18.2 Å². The number of aromatic amines is 1. The first-order valence-corrected chi connectivity index (χ1v) is 6.41. The summed E-state index contributed by atoms with van der Waals surface area (Å²) in [5, 5.41) is 7.14. The van der Waals surface area contributed by atoms with E-state index in [0.29, 0.717) is 5.65 Å². The Kier molecular flexibility index (Phi) is 2.85. The smallest absolute Gasteiger partial charge is 0.247 e. The highest BCUT2D eigenvalue weighted by Crippen LogP contribution is 2.22. The number of hydrogen-bond acceptors (Lipinski definition) is 4. The number of H-pyrrole nitrogens is 1. The van der Waals surface area contributed by atoms with Crippen molar-refractivity contribution < 1.29 is 0 Å². The van der Waals surface area contributed by atoms with E-state index in [1.54, 1.807) is 24.2 Å². The van der Waals surface area contributed by atoms with Crippen LogP contribution in [0.2, 0.25) is 0 Å². The topological polar surface area (TPSA) is 63.0 Å². The van der Waals surface area contributed by atoms with Crippen LogP contribution in [-0.4, -0.2) is 19.6 Å². The minimum absolute atomic E-state index is 0.242. The summed E-state index contributed by atoms with van der Waals surface area (Å²) in [4.78, 5) is 15.7. The Bertz CT molecular complexity index is 720. The summed E-state index contributed by atoms with van der Waals surface area (Å²) in [5.74, 6) is 0.800. The molecule has 0 saturated carbocycles. The molecule has 0 unspecified atom stereocenters. The number of benzene rings is 1. The number of thioether (sulfide) groups is 1. The van der Waals surface area contributed by atoms with Crippen LogP contribution < -0.4 is 5.69 Å². The van der Waals surface area contributed by atoms with Gasteiger partial charge < -0.3 is 0 Å². The lowest BCUT2D eigenvalue weighted by Gasteiger charge is -2.01. The van der Waals surface area contributed by atoms with Gasteiger partial charge in [0.05, 0.1) is 0 Å². The van der Waals surface area contributed by atoms with Crippen molar-refractivity contribution in [1.82, 2.24) is 19.6 Å². The fourth-order valence-electron chi connectivity index (χ4n) is 1.65. The maximum absolute atomic E-state index is 11.4. The molecule has 0 spiro atoms. The van der Waals surface area contributed by atoms with Crippen molar-refractivity contribution in [2.24, 2.45) is 0 Å². The molecule has 1 N–H and O–H groups in total. The van der Waals surface area contributed by atoms with Gasteiger partial charge in [0.25, 0.3) is 0 Å². The average Bonchev–Trinajstić information content (AvgIpc) is 2.80. The fourth-order valence-corrected chi connectivity index (χ4v) is 2.55. The van der Waals surface area contributed by atoms with Crippen molar-refractivity contribution in [2.75, 3.05) is 0 Å². The third-order valence-corrected chi connectivity index (χ3v) is 3.56. The molecule has 3 aromatic rings. The number of nitrogens with zero attached hydrogens (tertiary/aromatic N) is 3. The van der Waals surface area contributed by atoms with Crippen molar-refractivity contribution in [1.29, 1.82) is 0 Å². The molecule has 0 aliphatic rings. The van der Waals surface area contributed by atoms with Crippen LogP contribution in [0.25, 0.3) is 5.65 Å². The second kappa shape index (κ2) is 4.66. The predicted molar refractivity (Wildman–Crippen MR) is 69.6 cm³/mol. The van der Waals surface area contributed by atoms with Gasteiger partial charge in [-0.25, -0.2) is 19.3 Å². The Labute approximate surface area is 107 Å². The zero-order valence-electron chi connectivity index (χ0n) is 9.41. The van der Waals surface area contributed by atoms with Crippen LogP contribution in [0.4, 0.5) is 0 Å². The SMILES string of the molecule is O=c1[nH]nc2c(SCc3ccccc3)nccn12. The molecule has 3 rings (SSSR count). The number of fused-ring (bicyclic) bond motifs is 1. The predicted octanol–water partition coefficient (Wildman–Crippen LogP) is 1.71. The zero-order valence-corrected chi connectivity index (χ0v) is 10.2. The van der Waals surface area contributed by atoms with Gasteiger partial charge in [-0.05, 0) is 5.56 Å². The van der Waals surface area contributed by atoms with Crippen molar-refractivity contribution in [3.8, 4) is 0 Å². The second-order valence-electron chi connectivity index (χ2n) is 3.73. The van der Waals surface area contributed by atoms with E-state index in [1.165, 1.54) is 9.96 Å². The normalized spacial score (nSPS) is 10.9. The quantitative estimate of drug-likeness (QED) is 0.726. The maximum Gasteiger partial charge on any atom is 0.347 e. The summed E-state index contributed by atoms with van der Waals surface area (Å²) in [5.41, 5.74) is 1.54. The number of aromatic nitrogens is 4. The van der Waals surface area contributed by atoms with E-state index in [4.69, 9.17) is 0 Å². The third-order valence-electron chi connectivity index (χ3n) is 2.52. The van der Waals surface area contributed by atoms with Crippen LogP contribution in [-0.2, 0) is 5.75 Å². The van der Waals surface area contributed by atoms with Gasteiger partial charge in [0.1, 0.15) is 5.03 Å². The highest BCUT2D eigenvalue weighted by molar-refractivity contribution is 7.98. The van der Waals surface area contributed by atoms with Crippen molar-refractivity contribution in [3.63, 3.8) is 0 Å². The summed E-state index contributed by atoms with van der Waals surface area (Å²) < 4.78 is 1.46. The molecule has 1 aromatic carbocycles. The molecule has 90 valence electrons. The van der Waals surface area contributed by atoms with Gasteiger partial charge in [-0.3, -0.25) is 0 Å². The zero-order chi connectivity index (χ0) is 12.4. The first-order chi connectivity index (χ1) is 8.84. The number of hydrogen-bond donors (Lipinski definition) is 1. The van der Waals surface area contributed by atoms with Crippen LogP contribution in [0.5, 0.6) is 0 Å². The molecule has 0 aliphatic carbocycles. The summed E-state index contributed by atoms with van der Waals surface area (Å²) in [6, 6.07) is 10.1. The lowest BCUT2D eigenvalue weighted by molar-refractivity contribution is 0.999. The molecule has 0 saturated heterocycles. The first-order valence-electron chi connectivity index (χ1n) is 5.43. The largest absolute Gasteiger partial charge is 0.347 e. The molecule has 0 radical (unpaired) electrons. The molecule has 0 fully saturated rings. The van der Waals surface area contributed by atoms with Crippen molar-refractivity contribution in [2.45, 2.75) is 10.8 Å². The van der Waals surface area contributed by atoms with E-state index in [0.717, 1.165) is 10.8 Å². The van der Waals surface area contributed by atoms with E-state index in [9.17, 15) is 4.79 Å². The van der Waals surface area contributed by atoms with Crippen LogP contribution in [0.15, 0.2) is 52.5 Å². The molecule has 0 atom stereocenters. The summed E-state index contributed by atoms with van der Waals surface area (Å²) in [6.45, 7) is 0. The van der Waals surface area contributed by atoms with Gasteiger partial charge in [-0.1, -0.05) is 42.1 Å². The van der Waals surface area contributed by atoms with Crippen LogP contribution in [0.1, 0.15) is 5.56 Å². The van der Waals surface area contributed by atoms with Crippen molar-refractivity contribution >= 4 is 17.4 Å². The van der Waals surface area contributed by atoms with Crippen LogP contribution in [0, 0.1) is 0 Å². The van der Waals surface area contributed by atoms with Gasteiger partial charge in [0.15, 0.2) is 5.65 Å². The van der Waals surface area contributed by atoms with Gasteiger partial charge in [0, 0.05) is 18.1 Å². The van der Waals surface area contributed by atoms with Crippen LogP contribution in [0.3, 0.4) is 0 Å². The number of rotatable bonds is 3. The van der Waals surface area contributed by atoms with E-state index >= 15 is 0 Å². The molecule has 0 aliphatic heterocycles. The molecule has 0 amide bonds. The van der Waals surface area contributed by atoms with E-state index < -0.39 is 0 Å². The average molecular weight is 258 g/mol. The highest BCUT2D eigenvalue weighted by Gasteiger charge is 2.07. The first kappa shape index (κ1) is 11.0. The van der Waals surface area contributed by atoms with E-state index in [-0.39, 0.29) is 5.69 Å². The Morgan fingerprint density at radius 1 is 1.28 bits per heavy atom. The summed E-state index contributed by atoms with van der Waals surface area (Å²) in [6.07, 6.45) is 3.21. The second-order valence-corrected chi connectivity index (χ2v) is 4.69. The lowest BCUT2D eigenvalue weighted by atomic mass is 10.2. The van der Waals surface area contributed by atoms with Crippen LogP contribution >= 0.6 is 11.8 Å². The Morgan fingerprint density at radius 2 is 2.11 bits per heavy atom. The van der Waals surface area contributed by atoms with Gasteiger partial charge >= 0.3 is 5.69 Å². The summed E-state index contributed by atoms with van der Waals surface area (Å²) >= 11 is 1.56. The molecule has 0 bridgehead atoms. The standard InChI is InChI=1S/C12H10N4OS/c17-12-15-14-10-11(13-6-7-16(10)12)18-8-9-4-2-1-3-5-9/h1-7H,8H2,(H,15,17). The Balaban J connectivity index is 1.89. The van der Waals surface area contributed by atoms with Gasteiger partial charge in [0.2, 0.25) is 0 Å². The highest BCUT2D eigenvalue weighted by atomic mass is 32.2. The molecular formula is C12H10N4OS. The van der Waals surface area contributed by atoms with Gasteiger partial charge in [-0.15, -0.1) is 5.10 Å². The van der Waals surface area contributed by atoms with E-state index in [2.05, 4.69) is 27.3 Å². The fraction of sp³-hybridized carbons (Fsp3) is 0.0833. The molecule has 2 heterocycles. The third kappa shape index (κ3) is 2.02.